The molecule has 0 fully saturated rings. The van der Waals surface area contributed by atoms with Gasteiger partial charge in [0, 0.05) is 28.5 Å². The van der Waals surface area contributed by atoms with Crippen molar-refractivity contribution in [1.29, 1.82) is 0 Å². The lowest BCUT2D eigenvalue weighted by atomic mass is 10.1. The first kappa shape index (κ1) is 10.7. The van der Waals surface area contributed by atoms with E-state index in [1.165, 1.54) is 21.7 Å². The third-order valence-electron chi connectivity index (χ3n) is 3.14. The Morgan fingerprint density at radius 2 is 2.00 bits per heavy atom. The molecule has 0 saturated carbocycles. The molecule has 1 aromatic heterocycles. The van der Waals surface area contributed by atoms with Crippen LogP contribution in [-0.4, -0.2) is 4.57 Å². The van der Waals surface area contributed by atoms with Crippen LogP contribution >= 0.6 is 0 Å². The van der Waals surface area contributed by atoms with Gasteiger partial charge in [0.1, 0.15) is 0 Å². The molecule has 0 bridgehead atoms. The monoisotopic (exact) mass is 211 g/mol. The van der Waals surface area contributed by atoms with Crippen molar-refractivity contribution in [2.24, 2.45) is 7.05 Å². The van der Waals surface area contributed by atoms with Crippen molar-refractivity contribution in [2.75, 3.05) is 0 Å². The van der Waals surface area contributed by atoms with E-state index in [0.29, 0.717) is 0 Å². The van der Waals surface area contributed by atoms with Gasteiger partial charge in [-0.25, -0.2) is 0 Å². The highest BCUT2D eigenvalue weighted by atomic mass is 14.9. The molecule has 0 unspecified atom stereocenters. The van der Waals surface area contributed by atoms with Gasteiger partial charge in [0.2, 0.25) is 0 Å². The van der Waals surface area contributed by atoms with E-state index in [4.69, 9.17) is 0 Å². The second kappa shape index (κ2) is 3.67. The zero-order chi connectivity index (χ0) is 11.9. The summed E-state index contributed by atoms with van der Waals surface area (Å²) in [5.41, 5.74) is 2.28. The van der Waals surface area contributed by atoms with E-state index in [1.54, 1.807) is 0 Å². The van der Waals surface area contributed by atoms with Crippen LogP contribution in [0.2, 0.25) is 0 Å². The molecule has 0 aliphatic heterocycles. The molecule has 0 aliphatic carbocycles. The van der Waals surface area contributed by atoms with Crippen LogP contribution in [0.25, 0.3) is 29.0 Å². The molecule has 0 aliphatic rings. The van der Waals surface area contributed by atoms with E-state index >= 15 is 0 Å². The number of nitrogens with zero attached hydrogens (tertiary/aromatic N) is 1. The summed E-state index contributed by atoms with van der Waals surface area (Å²) in [6.07, 6.45) is 2.12. The molecule has 1 nitrogen and oxygen atoms in total. The van der Waals surface area contributed by atoms with Crippen LogP contribution < -0.4 is 10.7 Å². The maximum absolute atomic E-state index is 4.13. The SMILES string of the molecule is C=C(C)c1ccc2/c(=C/C)n(C)c(=C)c2c1. The maximum Gasteiger partial charge on any atom is 0.0445 e. The van der Waals surface area contributed by atoms with Crippen molar-refractivity contribution in [2.45, 2.75) is 13.8 Å². The Labute approximate surface area is 96.0 Å². The number of benzene rings is 1. The summed E-state index contributed by atoms with van der Waals surface area (Å²) in [5.74, 6) is 0. The number of fused-ring (bicyclic) bond motifs is 1. The fourth-order valence-electron chi connectivity index (χ4n) is 2.13. The molecule has 0 amide bonds. The highest BCUT2D eigenvalue weighted by Gasteiger charge is 2.04. The first-order valence-electron chi connectivity index (χ1n) is 5.46. The standard InChI is InChI=1S/C15H17N/c1-6-15-13-8-7-12(10(2)3)9-14(13)11(4)16(15)5/h6-9H,2,4H2,1,3,5H3/b15-6-. The Balaban J connectivity index is 2.97. The van der Waals surface area contributed by atoms with Crippen molar-refractivity contribution in [3.8, 4) is 0 Å². The summed E-state index contributed by atoms with van der Waals surface area (Å²) in [6.45, 7) is 12.2. The molecule has 0 N–H and O–H groups in total. The fourth-order valence-corrected chi connectivity index (χ4v) is 2.13. The van der Waals surface area contributed by atoms with Gasteiger partial charge < -0.3 is 4.57 Å². The Bertz CT molecular complexity index is 672. The average molecular weight is 211 g/mol. The van der Waals surface area contributed by atoms with Gasteiger partial charge in [-0.3, -0.25) is 0 Å². The van der Waals surface area contributed by atoms with E-state index in [9.17, 15) is 0 Å². The van der Waals surface area contributed by atoms with Crippen molar-refractivity contribution in [3.63, 3.8) is 0 Å². The summed E-state index contributed by atoms with van der Waals surface area (Å²) in [6, 6.07) is 6.45. The lowest BCUT2D eigenvalue weighted by Crippen LogP contribution is -2.21. The number of rotatable bonds is 1. The van der Waals surface area contributed by atoms with Gasteiger partial charge in [-0.15, -0.1) is 0 Å². The minimum atomic E-state index is 1.06. The molecule has 82 valence electrons. The molecule has 2 rings (SSSR count). The van der Waals surface area contributed by atoms with Crippen LogP contribution in [0, 0.1) is 0 Å². The lowest BCUT2D eigenvalue weighted by molar-refractivity contribution is 0.868. The molecule has 0 radical (unpaired) electrons. The zero-order valence-corrected chi connectivity index (χ0v) is 10.2. The summed E-state index contributed by atoms with van der Waals surface area (Å²) >= 11 is 0. The van der Waals surface area contributed by atoms with Crippen LogP contribution in [0.5, 0.6) is 0 Å². The smallest absolute Gasteiger partial charge is 0.0445 e. The molecule has 1 heterocycles. The zero-order valence-electron chi connectivity index (χ0n) is 10.2. The van der Waals surface area contributed by atoms with Crippen molar-refractivity contribution in [3.05, 3.63) is 41.0 Å². The van der Waals surface area contributed by atoms with Crippen LogP contribution in [0.3, 0.4) is 0 Å². The quantitative estimate of drug-likeness (QED) is 0.682. The van der Waals surface area contributed by atoms with Crippen LogP contribution in [-0.2, 0) is 7.05 Å². The van der Waals surface area contributed by atoms with E-state index in [0.717, 1.165) is 10.9 Å². The molecular weight excluding hydrogens is 194 g/mol. The van der Waals surface area contributed by atoms with Gasteiger partial charge in [-0.2, -0.15) is 0 Å². The van der Waals surface area contributed by atoms with Gasteiger partial charge in [-0.05, 0) is 25.5 Å². The van der Waals surface area contributed by atoms with E-state index in [-0.39, 0.29) is 0 Å². The predicted molar refractivity (Wildman–Crippen MR) is 72.5 cm³/mol. The molecule has 1 heteroatoms. The van der Waals surface area contributed by atoms with E-state index in [1.807, 2.05) is 6.92 Å². The molecular formula is C15H17N. The Morgan fingerprint density at radius 1 is 1.31 bits per heavy atom. The Hall–Kier alpha value is -1.76. The minimum Gasteiger partial charge on any atom is -0.344 e. The summed E-state index contributed by atoms with van der Waals surface area (Å²) in [5, 5.41) is 4.77. The largest absolute Gasteiger partial charge is 0.344 e. The molecule has 1 aromatic carbocycles. The second-order valence-corrected chi connectivity index (χ2v) is 4.22. The van der Waals surface area contributed by atoms with E-state index in [2.05, 4.69) is 56.0 Å². The van der Waals surface area contributed by atoms with Crippen molar-refractivity contribution in [1.82, 2.24) is 4.57 Å². The number of hydrogen-bond donors (Lipinski definition) is 0. The van der Waals surface area contributed by atoms with Crippen LogP contribution in [0.4, 0.5) is 0 Å². The van der Waals surface area contributed by atoms with Gasteiger partial charge >= 0.3 is 0 Å². The summed E-state index contributed by atoms with van der Waals surface area (Å²) < 4.78 is 2.13. The highest BCUT2D eigenvalue weighted by Crippen LogP contribution is 2.15. The first-order chi connectivity index (χ1) is 7.56. The van der Waals surface area contributed by atoms with Crippen molar-refractivity contribution < 1.29 is 0 Å². The van der Waals surface area contributed by atoms with Crippen molar-refractivity contribution >= 4 is 29.0 Å². The van der Waals surface area contributed by atoms with Gasteiger partial charge in [-0.1, -0.05) is 36.9 Å². The summed E-state index contributed by atoms with van der Waals surface area (Å²) in [7, 11) is 2.05. The molecule has 2 aromatic rings. The number of allylic oxidation sites excluding steroid dienone is 1. The second-order valence-electron chi connectivity index (χ2n) is 4.22. The lowest BCUT2D eigenvalue weighted by Gasteiger charge is -1.98. The molecule has 16 heavy (non-hydrogen) atoms. The van der Waals surface area contributed by atoms with Crippen LogP contribution in [0.1, 0.15) is 19.4 Å². The predicted octanol–water partition coefficient (Wildman–Crippen LogP) is 2.42. The molecule has 0 atom stereocenters. The number of aromatic nitrogens is 1. The van der Waals surface area contributed by atoms with Gasteiger partial charge in [0.25, 0.3) is 0 Å². The highest BCUT2D eigenvalue weighted by molar-refractivity contribution is 5.87. The average Bonchev–Trinajstić information content (AvgIpc) is 2.51. The summed E-state index contributed by atoms with van der Waals surface area (Å²) in [4.78, 5) is 0. The van der Waals surface area contributed by atoms with Gasteiger partial charge in [0.15, 0.2) is 0 Å². The number of hydrogen-bond acceptors (Lipinski definition) is 0. The third kappa shape index (κ3) is 1.40. The third-order valence-corrected chi connectivity index (χ3v) is 3.14. The topological polar surface area (TPSA) is 4.93 Å². The first-order valence-corrected chi connectivity index (χ1v) is 5.46. The normalized spacial score (nSPS) is 12.3. The van der Waals surface area contributed by atoms with Gasteiger partial charge in [0.05, 0.1) is 0 Å². The van der Waals surface area contributed by atoms with Crippen LogP contribution in [0.15, 0.2) is 24.8 Å². The molecule has 0 spiro atoms. The minimum absolute atomic E-state index is 1.06. The molecule has 0 saturated heterocycles. The fraction of sp³-hybridized carbons (Fsp3) is 0.200. The maximum atomic E-state index is 4.13. The Kier molecular flexibility index (Phi) is 2.47. The Morgan fingerprint density at radius 3 is 2.56 bits per heavy atom. The van der Waals surface area contributed by atoms with E-state index < -0.39 is 0 Å².